The minimum Gasteiger partial charge on any atom is -0.493 e. The third-order valence-electron chi connectivity index (χ3n) is 2.30. The van der Waals surface area contributed by atoms with Crippen LogP contribution in [0.3, 0.4) is 0 Å². The highest BCUT2D eigenvalue weighted by atomic mass is 35.5. The maximum Gasteiger partial charge on any atom is 0.573 e. The van der Waals surface area contributed by atoms with Crippen LogP contribution < -0.4 is 15.2 Å². The van der Waals surface area contributed by atoms with Crippen molar-refractivity contribution in [1.82, 2.24) is 0 Å². The summed E-state index contributed by atoms with van der Waals surface area (Å²) in [4.78, 5) is 0. The van der Waals surface area contributed by atoms with Crippen molar-refractivity contribution in [3.8, 4) is 11.5 Å². The van der Waals surface area contributed by atoms with E-state index in [-0.39, 0.29) is 24.2 Å². The molecule has 1 aromatic carbocycles. The average Bonchev–Trinajstić information content (AvgIpc) is 2.17. The molecule has 0 bridgehead atoms. The van der Waals surface area contributed by atoms with Gasteiger partial charge < -0.3 is 15.2 Å². The van der Waals surface area contributed by atoms with Crippen molar-refractivity contribution in [2.75, 3.05) is 6.61 Å². The molecule has 3 nitrogen and oxygen atoms in total. The molecular weight excluding hydrogens is 259 g/mol. The van der Waals surface area contributed by atoms with Gasteiger partial charge in [-0.05, 0) is 18.2 Å². The van der Waals surface area contributed by atoms with Crippen molar-refractivity contribution in [3.05, 3.63) is 23.8 Å². The standard InChI is InChI=1S/C10H10F3NO2.ClH/c11-10(12,13)16-6-1-2-9-7(5-6)8(14)3-4-15-9;/h1-2,5,8H,3-4,14H2;1H/t8-;/m0./s1. The second-order valence-corrected chi connectivity index (χ2v) is 3.49. The largest absolute Gasteiger partial charge is 0.573 e. The monoisotopic (exact) mass is 269 g/mol. The number of hydrogen-bond acceptors (Lipinski definition) is 3. The van der Waals surface area contributed by atoms with E-state index in [4.69, 9.17) is 10.5 Å². The Morgan fingerprint density at radius 3 is 2.71 bits per heavy atom. The lowest BCUT2D eigenvalue weighted by molar-refractivity contribution is -0.274. The summed E-state index contributed by atoms with van der Waals surface area (Å²) in [6.07, 6.45) is -4.10. The minimum absolute atomic E-state index is 0. The van der Waals surface area contributed by atoms with Gasteiger partial charge in [-0.25, -0.2) is 0 Å². The first kappa shape index (κ1) is 13.9. The van der Waals surface area contributed by atoms with Crippen LogP contribution in [0.1, 0.15) is 18.0 Å². The van der Waals surface area contributed by atoms with Crippen molar-refractivity contribution in [2.24, 2.45) is 5.73 Å². The van der Waals surface area contributed by atoms with Crippen LogP contribution in [0.15, 0.2) is 18.2 Å². The molecule has 0 spiro atoms. The fourth-order valence-electron chi connectivity index (χ4n) is 1.60. The van der Waals surface area contributed by atoms with Gasteiger partial charge in [-0.15, -0.1) is 25.6 Å². The molecule has 2 rings (SSSR count). The van der Waals surface area contributed by atoms with Gasteiger partial charge in [0.25, 0.3) is 0 Å². The van der Waals surface area contributed by atoms with Crippen molar-refractivity contribution in [1.29, 1.82) is 0 Å². The lowest BCUT2D eigenvalue weighted by Crippen LogP contribution is -2.21. The number of halogens is 4. The number of benzene rings is 1. The average molecular weight is 270 g/mol. The maximum absolute atomic E-state index is 12.0. The summed E-state index contributed by atoms with van der Waals surface area (Å²) in [7, 11) is 0. The molecule has 0 saturated carbocycles. The molecule has 1 atom stereocenters. The van der Waals surface area contributed by atoms with Crippen LogP contribution >= 0.6 is 12.4 Å². The van der Waals surface area contributed by atoms with Crippen LogP contribution in [0.5, 0.6) is 11.5 Å². The minimum atomic E-state index is -4.69. The molecule has 0 saturated heterocycles. The molecule has 0 amide bonds. The first-order valence-corrected chi connectivity index (χ1v) is 4.74. The van der Waals surface area contributed by atoms with Gasteiger partial charge in [-0.2, -0.15) is 0 Å². The molecular formula is C10H11ClF3NO2. The van der Waals surface area contributed by atoms with E-state index >= 15 is 0 Å². The number of ether oxygens (including phenoxy) is 2. The number of fused-ring (bicyclic) bond motifs is 1. The highest BCUT2D eigenvalue weighted by Crippen LogP contribution is 2.34. The first-order valence-electron chi connectivity index (χ1n) is 4.74. The molecule has 1 aliphatic heterocycles. The Kier molecular flexibility index (Phi) is 4.11. The number of nitrogens with two attached hydrogens (primary N) is 1. The Hall–Kier alpha value is -1.14. The third-order valence-corrected chi connectivity index (χ3v) is 2.30. The van der Waals surface area contributed by atoms with Crippen LogP contribution in [-0.2, 0) is 0 Å². The molecule has 1 heterocycles. The summed E-state index contributed by atoms with van der Waals surface area (Å²) in [6.45, 7) is 0.480. The highest BCUT2D eigenvalue weighted by Gasteiger charge is 2.31. The Bertz CT molecular complexity index is 398. The van der Waals surface area contributed by atoms with Crippen molar-refractivity contribution in [3.63, 3.8) is 0 Å². The van der Waals surface area contributed by atoms with Crippen LogP contribution in [0, 0.1) is 0 Å². The number of alkyl halides is 3. The summed E-state index contributed by atoms with van der Waals surface area (Å²) in [5, 5.41) is 0. The molecule has 96 valence electrons. The molecule has 0 aromatic heterocycles. The molecule has 1 aliphatic rings. The summed E-state index contributed by atoms with van der Waals surface area (Å²) >= 11 is 0. The highest BCUT2D eigenvalue weighted by molar-refractivity contribution is 5.85. The predicted molar refractivity (Wildman–Crippen MR) is 57.4 cm³/mol. The summed E-state index contributed by atoms with van der Waals surface area (Å²) in [6, 6.07) is 3.62. The first-order chi connectivity index (χ1) is 7.46. The second-order valence-electron chi connectivity index (χ2n) is 3.49. The fraction of sp³-hybridized carbons (Fsp3) is 0.400. The third kappa shape index (κ3) is 3.41. The SMILES string of the molecule is Cl.N[C@H]1CCOc2ccc(OC(F)(F)F)cc21. The van der Waals surface area contributed by atoms with E-state index in [2.05, 4.69) is 4.74 Å². The Morgan fingerprint density at radius 1 is 1.35 bits per heavy atom. The summed E-state index contributed by atoms with van der Waals surface area (Å²) in [5.74, 6) is 0.250. The van der Waals surface area contributed by atoms with Gasteiger partial charge in [0.1, 0.15) is 11.5 Å². The Balaban J connectivity index is 0.00000144. The zero-order valence-corrected chi connectivity index (χ0v) is 9.48. The molecule has 1 aromatic rings. The van der Waals surface area contributed by atoms with E-state index in [9.17, 15) is 13.2 Å². The van der Waals surface area contributed by atoms with E-state index in [1.165, 1.54) is 18.2 Å². The zero-order chi connectivity index (χ0) is 11.8. The van der Waals surface area contributed by atoms with E-state index in [0.717, 1.165) is 0 Å². The van der Waals surface area contributed by atoms with Crippen molar-refractivity contribution >= 4 is 12.4 Å². The van der Waals surface area contributed by atoms with E-state index in [1.54, 1.807) is 0 Å². The Labute approximate surface area is 102 Å². The topological polar surface area (TPSA) is 44.5 Å². The van der Waals surface area contributed by atoms with Crippen LogP contribution in [0.2, 0.25) is 0 Å². The van der Waals surface area contributed by atoms with Crippen molar-refractivity contribution in [2.45, 2.75) is 18.8 Å². The molecule has 0 unspecified atom stereocenters. The van der Waals surface area contributed by atoms with Gasteiger partial charge >= 0.3 is 6.36 Å². The normalized spacial score (nSPS) is 18.7. The zero-order valence-electron chi connectivity index (χ0n) is 8.66. The van der Waals surface area contributed by atoms with Crippen molar-refractivity contribution < 1.29 is 22.6 Å². The lowest BCUT2D eigenvalue weighted by Gasteiger charge is -2.23. The number of hydrogen-bond donors (Lipinski definition) is 1. The molecule has 0 radical (unpaired) electrons. The smallest absolute Gasteiger partial charge is 0.493 e. The quantitative estimate of drug-likeness (QED) is 0.853. The molecule has 0 fully saturated rings. The molecule has 17 heavy (non-hydrogen) atoms. The lowest BCUT2D eigenvalue weighted by atomic mass is 10.0. The Morgan fingerprint density at radius 2 is 2.06 bits per heavy atom. The van der Waals surface area contributed by atoms with Gasteiger partial charge in [0.05, 0.1) is 6.61 Å². The summed E-state index contributed by atoms with van der Waals surface area (Å²) in [5.41, 5.74) is 6.31. The second kappa shape index (κ2) is 5.01. The maximum atomic E-state index is 12.0. The predicted octanol–water partition coefficient (Wildman–Crippen LogP) is 2.79. The van der Waals surface area contributed by atoms with Crippen LogP contribution in [0.4, 0.5) is 13.2 Å². The van der Waals surface area contributed by atoms with Gasteiger partial charge in [0, 0.05) is 18.0 Å². The number of rotatable bonds is 1. The van der Waals surface area contributed by atoms with Gasteiger partial charge in [-0.1, -0.05) is 0 Å². The molecule has 7 heteroatoms. The molecule has 0 aliphatic carbocycles. The van der Waals surface area contributed by atoms with Crippen LogP contribution in [-0.4, -0.2) is 13.0 Å². The van der Waals surface area contributed by atoms with E-state index in [0.29, 0.717) is 24.3 Å². The molecule has 2 N–H and O–H groups in total. The van der Waals surface area contributed by atoms with Gasteiger partial charge in [0.15, 0.2) is 0 Å². The van der Waals surface area contributed by atoms with E-state index in [1.807, 2.05) is 0 Å². The fourth-order valence-corrected chi connectivity index (χ4v) is 1.60. The van der Waals surface area contributed by atoms with Crippen LogP contribution in [0.25, 0.3) is 0 Å². The van der Waals surface area contributed by atoms with Gasteiger partial charge in [-0.3, -0.25) is 0 Å². The summed E-state index contributed by atoms with van der Waals surface area (Å²) < 4.78 is 45.0. The van der Waals surface area contributed by atoms with Gasteiger partial charge in [0.2, 0.25) is 0 Å². The van der Waals surface area contributed by atoms with E-state index < -0.39 is 6.36 Å².